The first-order valence-electron chi connectivity index (χ1n) is 9.97. The van der Waals surface area contributed by atoms with E-state index in [1.807, 2.05) is 84.9 Å². The summed E-state index contributed by atoms with van der Waals surface area (Å²) in [6.07, 6.45) is 0. The summed E-state index contributed by atoms with van der Waals surface area (Å²) in [5, 5.41) is 21.2. The average molecular weight is 520 g/mol. The number of hydrogen-bond acceptors (Lipinski definition) is 6. The van der Waals surface area contributed by atoms with Crippen LogP contribution in [-0.2, 0) is 19.5 Å². The summed E-state index contributed by atoms with van der Waals surface area (Å²) >= 11 is 3.19. The summed E-state index contributed by atoms with van der Waals surface area (Å²) in [5.74, 6) is 0.558. The van der Waals surface area contributed by atoms with Gasteiger partial charge in [-0.2, -0.15) is 0 Å². The Hall–Kier alpha value is -3.12. The molecule has 7 heteroatoms. The second-order valence-corrected chi connectivity index (χ2v) is 9.07. The second kappa shape index (κ2) is 10.2. The molecule has 0 amide bonds. The summed E-state index contributed by atoms with van der Waals surface area (Å²) in [7, 11) is 0. The van der Waals surface area contributed by atoms with Crippen molar-refractivity contribution in [3.8, 4) is 32.6 Å². The van der Waals surface area contributed by atoms with Gasteiger partial charge in [0.25, 0.3) is 0 Å². The van der Waals surface area contributed by atoms with Gasteiger partial charge in [0.1, 0.15) is 21.5 Å². The Labute approximate surface area is 211 Å². The first-order chi connectivity index (χ1) is 15.7. The third-order valence-electron chi connectivity index (χ3n) is 4.86. The minimum absolute atomic E-state index is 0. The Kier molecular flexibility index (Phi) is 7.14. The fourth-order valence-electron chi connectivity index (χ4n) is 3.28. The Morgan fingerprint density at radius 1 is 0.485 bits per heavy atom. The molecule has 0 fully saturated rings. The van der Waals surface area contributed by atoms with Crippen LogP contribution in [-0.4, -0.2) is 20.2 Å². The maximum atomic E-state index is 9.76. The van der Waals surface area contributed by atoms with Crippen molar-refractivity contribution >= 4 is 43.1 Å². The van der Waals surface area contributed by atoms with Crippen molar-refractivity contribution < 1.29 is 29.7 Å². The molecule has 0 spiro atoms. The molecule has 4 aromatic carbocycles. The maximum Gasteiger partial charge on any atom is 2.00 e. The van der Waals surface area contributed by atoms with Crippen LogP contribution in [0.15, 0.2) is 97.1 Å². The smallest absolute Gasteiger partial charge is 0.507 e. The van der Waals surface area contributed by atoms with Gasteiger partial charge in [0.15, 0.2) is 0 Å². The van der Waals surface area contributed by atoms with Crippen LogP contribution in [0, 0.1) is 0 Å². The van der Waals surface area contributed by atoms with E-state index in [-0.39, 0.29) is 31.0 Å². The molecule has 2 aromatic heterocycles. The summed E-state index contributed by atoms with van der Waals surface area (Å²) in [6.45, 7) is 0. The third-order valence-corrected chi connectivity index (χ3v) is 7.00. The zero-order chi connectivity index (χ0) is 21.9. The number of fused-ring (bicyclic) bond motifs is 2. The third kappa shape index (κ3) is 4.96. The number of aromatic hydroxyl groups is 2. The Morgan fingerprint density at radius 3 is 1.24 bits per heavy atom. The fourth-order valence-corrected chi connectivity index (χ4v) is 5.28. The maximum absolute atomic E-state index is 9.76. The number of hydrogen-bond donors (Lipinski definition) is 2. The molecule has 0 atom stereocenters. The van der Waals surface area contributed by atoms with Gasteiger partial charge in [-0.05, 0) is 48.5 Å². The molecular formula is C26H18N2O2S2Zn+2. The summed E-state index contributed by atoms with van der Waals surface area (Å²) in [5.41, 5.74) is 3.55. The average Bonchev–Trinajstić information content (AvgIpc) is 3.44. The van der Waals surface area contributed by atoms with Crippen LogP contribution in [0.2, 0.25) is 0 Å². The molecule has 2 heterocycles. The van der Waals surface area contributed by atoms with Crippen LogP contribution in [0.1, 0.15) is 0 Å². The SMILES string of the molecule is Oc1ccccc1-c1nc2ccccc2s1.Oc1ccccc1-c1nc2ccccc2s1.[Zn+2]. The zero-order valence-corrected chi connectivity index (χ0v) is 22.2. The topological polar surface area (TPSA) is 66.2 Å². The first-order valence-corrected chi connectivity index (χ1v) is 11.6. The van der Waals surface area contributed by atoms with Gasteiger partial charge in [-0.25, -0.2) is 9.97 Å². The molecule has 0 aliphatic heterocycles. The number of thiazole rings is 2. The minimum atomic E-state index is 0. The van der Waals surface area contributed by atoms with E-state index in [0.717, 1.165) is 41.6 Å². The molecule has 0 saturated carbocycles. The molecule has 0 saturated heterocycles. The van der Waals surface area contributed by atoms with Gasteiger partial charge in [0, 0.05) is 0 Å². The normalized spacial score (nSPS) is 10.4. The molecule has 0 unspecified atom stereocenters. The van der Waals surface area contributed by atoms with Crippen molar-refractivity contribution in [2.24, 2.45) is 0 Å². The van der Waals surface area contributed by atoms with E-state index in [4.69, 9.17) is 0 Å². The van der Waals surface area contributed by atoms with Crippen LogP contribution in [0.3, 0.4) is 0 Å². The van der Waals surface area contributed by atoms with Gasteiger partial charge in [-0.15, -0.1) is 22.7 Å². The van der Waals surface area contributed by atoms with Gasteiger partial charge in [-0.3, -0.25) is 0 Å². The summed E-state index contributed by atoms with van der Waals surface area (Å²) in [6, 6.07) is 30.5. The van der Waals surface area contributed by atoms with E-state index in [2.05, 4.69) is 9.97 Å². The van der Waals surface area contributed by atoms with E-state index in [9.17, 15) is 10.2 Å². The van der Waals surface area contributed by atoms with Crippen LogP contribution < -0.4 is 0 Å². The van der Waals surface area contributed by atoms with Crippen molar-refractivity contribution in [2.45, 2.75) is 0 Å². The number of phenolic OH excluding ortho intramolecular Hbond substituents is 2. The molecule has 0 aliphatic carbocycles. The van der Waals surface area contributed by atoms with Crippen molar-refractivity contribution in [3.05, 3.63) is 97.1 Å². The molecule has 0 bridgehead atoms. The molecule has 6 rings (SSSR count). The molecule has 0 radical (unpaired) electrons. The van der Waals surface area contributed by atoms with E-state index < -0.39 is 0 Å². The van der Waals surface area contributed by atoms with Crippen LogP contribution in [0.4, 0.5) is 0 Å². The molecule has 4 nitrogen and oxygen atoms in total. The molecule has 33 heavy (non-hydrogen) atoms. The first kappa shape index (κ1) is 23.1. The number of aromatic nitrogens is 2. The molecule has 0 aliphatic rings. The van der Waals surface area contributed by atoms with Gasteiger partial charge in [0.05, 0.1) is 31.6 Å². The van der Waals surface area contributed by atoms with Crippen LogP contribution in [0.25, 0.3) is 41.6 Å². The van der Waals surface area contributed by atoms with Gasteiger partial charge < -0.3 is 10.2 Å². The molecule has 2 N–H and O–H groups in total. The molecular weight excluding hydrogens is 502 g/mol. The molecule has 156 valence electrons. The van der Waals surface area contributed by atoms with E-state index in [1.165, 1.54) is 0 Å². The van der Waals surface area contributed by atoms with Crippen molar-refractivity contribution in [1.29, 1.82) is 0 Å². The largest absolute Gasteiger partial charge is 2.00 e. The fraction of sp³-hybridized carbons (Fsp3) is 0. The standard InChI is InChI=1S/2C13H9NOS.Zn/c2*15-11-7-3-1-5-9(11)13-14-10-6-2-4-8-12(10)16-13;/h2*1-8,15H;/q;;+2. The monoisotopic (exact) mass is 518 g/mol. The van der Waals surface area contributed by atoms with Crippen LogP contribution in [0.5, 0.6) is 11.5 Å². The quantitative estimate of drug-likeness (QED) is 0.235. The van der Waals surface area contributed by atoms with E-state index in [0.29, 0.717) is 0 Å². The van der Waals surface area contributed by atoms with E-state index in [1.54, 1.807) is 34.8 Å². The number of rotatable bonds is 2. The van der Waals surface area contributed by atoms with Gasteiger partial charge in [-0.1, -0.05) is 48.5 Å². The van der Waals surface area contributed by atoms with Gasteiger partial charge in [0.2, 0.25) is 0 Å². The van der Waals surface area contributed by atoms with Crippen molar-refractivity contribution in [1.82, 2.24) is 9.97 Å². The summed E-state index contributed by atoms with van der Waals surface area (Å²) < 4.78 is 2.28. The zero-order valence-electron chi connectivity index (χ0n) is 17.6. The predicted octanol–water partition coefficient (Wildman–Crippen LogP) is 7.34. The number of phenols is 2. The van der Waals surface area contributed by atoms with Crippen molar-refractivity contribution in [3.63, 3.8) is 0 Å². The Balaban J connectivity index is 0.000000152. The number of nitrogens with zero attached hydrogens (tertiary/aromatic N) is 2. The van der Waals surface area contributed by atoms with Crippen molar-refractivity contribution in [2.75, 3.05) is 0 Å². The second-order valence-electron chi connectivity index (χ2n) is 7.01. The predicted molar refractivity (Wildman–Crippen MR) is 133 cm³/mol. The van der Waals surface area contributed by atoms with Gasteiger partial charge >= 0.3 is 19.5 Å². The van der Waals surface area contributed by atoms with E-state index >= 15 is 0 Å². The number of para-hydroxylation sites is 4. The summed E-state index contributed by atoms with van der Waals surface area (Å²) in [4.78, 5) is 9.00. The Bertz CT molecular complexity index is 1350. The Morgan fingerprint density at radius 2 is 0.848 bits per heavy atom. The molecule has 6 aromatic rings. The van der Waals surface area contributed by atoms with Crippen LogP contribution >= 0.6 is 22.7 Å². The number of benzene rings is 4. The minimum Gasteiger partial charge on any atom is -0.507 e.